The molecule has 6 nitrogen and oxygen atoms in total. The maximum atomic E-state index is 12.0. The summed E-state index contributed by atoms with van der Waals surface area (Å²) in [6.07, 6.45) is 3.25. The van der Waals surface area contributed by atoms with Crippen molar-refractivity contribution in [3.05, 3.63) is 23.4 Å². The van der Waals surface area contributed by atoms with E-state index < -0.39 is 16.0 Å². The van der Waals surface area contributed by atoms with Gasteiger partial charge >= 0.3 is 5.97 Å². The van der Waals surface area contributed by atoms with Gasteiger partial charge in [0.15, 0.2) is 5.03 Å². The number of hydrogen-bond acceptors (Lipinski definition) is 4. The highest BCUT2D eigenvalue weighted by Crippen LogP contribution is 2.25. The third-order valence-electron chi connectivity index (χ3n) is 3.35. The number of carboxylic acid groups (broad SMARTS) is 1. The highest BCUT2D eigenvalue weighted by atomic mass is 32.2. The Hall–Kier alpha value is -1.47. The van der Waals surface area contributed by atoms with E-state index in [1.54, 1.807) is 0 Å². The van der Waals surface area contributed by atoms with Gasteiger partial charge in [-0.3, -0.25) is 0 Å². The summed E-state index contributed by atoms with van der Waals surface area (Å²) in [6.45, 7) is 1.90. The van der Waals surface area contributed by atoms with Crippen molar-refractivity contribution >= 4 is 16.0 Å². The molecule has 1 aromatic rings. The molecule has 2 rings (SSSR count). The van der Waals surface area contributed by atoms with Crippen molar-refractivity contribution in [2.24, 2.45) is 5.92 Å². The molecule has 0 aliphatic heterocycles. The molecule has 2 N–H and O–H groups in total. The van der Waals surface area contributed by atoms with Crippen LogP contribution in [0.15, 0.2) is 17.2 Å². The van der Waals surface area contributed by atoms with Crippen molar-refractivity contribution in [3.8, 4) is 0 Å². The van der Waals surface area contributed by atoms with E-state index in [1.165, 1.54) is 19.1 Å². The number of aromatic carboxylic acids is 1. The summed E-state index contributed by atoms with van der Waals surface area (Å²) in [5.41, 5.74) is 0.206. The van der Waals surface area contributed by atoms with Gasteiger partial charge in [0.2, 0.25) is 0 Å². The van der Waals surface area contributed by atoms with Crippen LogP contribution in [-0.4, -0.2) is 31.0 Å². The number of hydrogen-bond donors (Lipinski definition) is 2. The Labute approximate surface area is 111 Å². The first-order valence-electron chi connectivity index (χ1n) is 6.11. The minimum atomic E-state index is -3.65. The fourth-order valence-corrected chi connectivity index (χ4v) is 3.02. The Kier molecular flexibility index (Phi) is 3.86. The number of rotatable bonds is 5. The van der Waals surface area contributed by atoms with Crippen LogP contribution in [0.2, 0.25) is 0 Å². The van der Waals surface area contributed by atoms with Crippen LogP contribution in [0.4, 0.5) is 0 Å². The fourth-order valence-electron chi connectivity index (χ4n) is 1.91. The molecule has 0 saturated heterocycles. The van der Waals surface area contributed by atoms with Gasteiger partial charge in [0.25, 0.3) is 10.0 Å². The van der Waals surface area contributed by atoms with Gasteiger partial charge in [-0.1, -0.05) is 6.42 Å². The molecule has 7 heteroatoms. The first kappa shape index (κ1) is 14.0. The van der Waals surface area contributed by atoms with Crippen molar-refractivity contribution in [2.75, 3.05) is 6.54 Å². The van der Waals surface area contributed by atoms with Gasteiger partial charge in [0, 0.05) is 6.54 Å². The van der Waals surface area contributed by atoms with E-state index in [-0.39, 0.29) is 16.3 Å². The molecule has 1 saturated carbocycles. The lowest BCUT2D eigenvalue weighted by Crippen LogP contribution is -2.32. The summed E-state index contributed by atoms with van der Waals surface area (Å²) in [7, 11) is -3.65. The van der Waals surface area contributed by atoms with Crippen molar-refractivity contribution in [3.63, 3.8) is 0 Å². The first-order valence-corrected chi connectivity index (χ1v) is 7.59. The Balaban J connectivity index is 2.15. The van der Waals surface area contributed by atoms with Gasteiger partial charge < -0.3 is 5.11 Å². The smallest absolute Gasteiger partial charge is 0.337 e. The molecule has 1 aliphatic rings. The maximum Gasteiger partial charge on any atom is 0.337 e. The lowest BCUT2D eigenvalue weighted by atomic mass is 9.86. The average Bonchev–Trinajstić information content (AvgIpc) is 2.26. The third kappa shape index (κ3) is 3.10. The largest absolute Gasteiger partial charge is 0.478 e. The SMILES string of the molecule is Cc1nc(S(=O)(=O)NCC2CCC2)ccc1C(=O)O. The van der Waals surface area contributed by atoms with E-state index in [0.29, 0.717) is 12.5 Å². The predicted octanol–water partition coefficient (Wildman–Crippen LogP) is 1.17. The van der Waals surface area contributed by atoms with Crippen LogP contribution in [0.25, 0.3) is 0 Å². The molecule has 0 amide bonds. The van der Waals surface area contributed by atoms with Crippen LogP contribution in [0.3, 0.4) is 0 Å². The minimum absolute atomic E-state index is 0.0120. The average molecular weight is 284 g/mol. The number of carboxylic acids is 1. The Bertz CT molecular complexity index is 594. The van der Waals surface area contributed by atoms with E-state index >= 15 is 0 Å². The molecule has 0 atom stereocenters. The van der Waals surface area contributed by atoms with E-state index in [0.717, 1.165) is 19.3 Å². The number of aromatic nitrogens is 1. The number of nitrogens with one attached hydrogen (secondary N) is 1. The Morgan fingerprint density at radius 2 is 2.16 bits per heavy atom. The lowest BCUT2D eigenvalue weighted by molar-refractivity contribution is 0.0695. The number of pyridine rings is 1. The molecule has 0 radical (unpaired) electrons. The molecule has 1 aliphatic carbocycles. The van der Waals surface area contributed by atoms with Crippen LogP contribution < -0.4 is 4.72 Å². The quantitative estimate of drug-likeness (QED) is 0.846. The Morgan fingerprint density at radius 1 is 1.47 bits per heavy atom. The zero-order valence-corrected chi connectivity index (χ0v) is 11.4. The summed E-state index contributed by atoms with van der Waals surface area (Å²) in [5, 5.41) is 8.74. The highest BCUT2D eigenvalue weighted by Gasteiger charge is 2.23. The molecule has 0 unspecified atom stereocenters. The highest BCUT2D eigenvalue weighted by molar-refractivity contribution is 7.89. The van der Waals surface area contributed by atoms with Crippen molar-refractivity contribution in [1.29, 1.82) is 0 Å². The zero-order chi connectivity index (χ0) is 14.0. The van der Waals surface area contributed by atoms with E-state index in [1.807, 2.05) is 0 Å². The molecule has 0 spiro atoms. The van der Waals surface area contributed by atoms with E-state index in [9.17, 15) is 13.2 Å². The second kappa shape index (κ2) is 5.26. The fraction of sp³-hybridized carbons (Fsp3) is 0.500. The number of carbonyl (C=O) groups is 1. The summed E-state index contributed by atoms with van der Waals surface area (Å²) < 4.78 is 26.5. The van der Waals surface area contributed by atoms with E-state index in [4.69, 9.17) is 5.11 Å². The standard InChI is InChI=1S/C12H16N2O4S/c1-8-10(12(15)16)5-6-11(14-8)19(17,18)13-7-9-3-2-4-9/h5-6,9,13H,2-4,7H2,1H3,(H,15,16). The summed E-state index contributed by atoms with van der Waals surface area (Å²) in [6, 6.07) is 2.49. The predicted molar refractivity (Wildman–Crippen MR) is 68.5 cm³/mol. The second-order valence-electron chi connectivity index (χ2n) is 4.74. The van der Waals surface area contributed by atoms with Gasteiger partial charge in [-0.2, -0.15) is 0 Å². The first-order chi connectivity index (χ1) is 8.90. The van der Waals surface area contributed by atoms with Crippen LogP contribution in [0.5, 0.6) is 0 Å². The van der Waals surface area contributed by atoms with Crippen molar-refractivity contribution < 1.29 is 18.3 Å². The maximum absolute atomic E-state index is 12.0. The molecule has 0 bridgehead atoms. The third-order valence-corrected chi connectivity index (χ3v) is 4.68. The van der Waals surface area contributed by atoms with Crippen molar-refractivity contribution in [2.45, 2.75) is 31.2 Å². The monoisotopic (exact) mass is 284 g/mol. The molecule has 1 aromatic heterocycles. The van der Waals surface area contributed by atoms with Gasteiger partial charge in [-0.25, -0.2) is 22.9 Å². The summed E-state index contributed by atoms with van der Waals surface area (Å²) >= 11 is 0. The minimum Gasteiger partial charge on any atom is -0.478 e. The zero-order valence-electron chi connectivity index (χ0n) is 10.6. The Morgan fingerprint density at radius 3 is 2.63 bits per heavy atom. The van der Waals surface area contributed by atoms with Crippen LogP contribution in [-0.2, 0) is 10.0 Å². The molecule has 1 heterocycles. The molecule has 0 aromatic carbocycles. The topological polar surface area (TPSA) is 96.4 Å². The van der Waals surface area contributed by atoms with Gasteiger partial charge in [-0.15, -0.1) is 0 Å². The van der Waals surface area contributed by atoms with Gasteiger partial charge in [0.05, 0.1) is 11.3 Å². The molecule has 104 valence electrons. The van der Waals surface area contributed by atoms with Gasteiger partial charge in [0.1, 0.15) is 0 Å². The number of aryl methyl sites for hydroxylation is 1. The molecular weight excluding hydrogens is 268 g/mol. The second-order valence-corrected chi connectivity index (χ2v) is 6.45. The van der Waals surface area contributed by atoms with Gasteiger partial charge in [-0.05, 0) is 37.8 Å². The normalized spacial score (nSPS) is 16.1. The number of sulfonamides is 1. The molecular formula is C12H16N2O4S. The van der Waals surface area contributed by atoms with Crippen LogP contribution >= 0.6 is 0 Å². The van der Waals surface area contributed by atoms with Crippen molar-refractivity contribution in [1.82, 2.24) is 9.71 Å². The van der Waals surface area contributed by atoms with Crippen LogP contribution in [0, 0.1) is 12.8 Å². The molecule has 1 fully saturated rings. The number of nitrogens with zero attached hydrogens (tertiary/aromatic N) is 1. The summed E-state index contributed by atoms with van der Waals surface area (Å²) in [5.74, 6) is -0.703. The summed E-state index contributed by atoms with van der Waals surface area (Å²) in [4.78, 5) is 14.7. The lowest BCUT2D eigenvalue weighted by Gasteiger charge is -2.25. The van der Waals surface area contributed by atoms with E-state index in [2.05, 4.69) is 9.71 Å². The van der Waals surface area contributed by atoms with Crippen LogP contribution in [0.1, 0.15) is 35.3 Å². The molecule has 19 heavy (non-hydrogen) atoms.